The number of rotatable bonds is 8. The Balaban J connectivity index is 2.55. The van der Waals surface area contributed by atoms with Gasteiger partial charge in [-0.3, -0.25) is 10.1 Å². The molecule has 0 fully saturated rings. The summed E-state index contributed by atoms with van der Waals surface area (Å²) in [5.74, 6) is 0.540. The van der Waals surface area contributed by atoms with Crippen LogP contribution >= 0.6 is 11.6 Å². The molecule has 19 heavy (non-hydrogen) atoms. The summed E-state index contributed by atoms with van der Waals surface area (Å²) < 4.78 is 5.51. The standard InChI is InChI=1S/C13H19ClN2O3/c1-3-6-15-8-10(2)9-19-13-5-4-11(14)7-12(13)16(17)18/h4-5,7,10,15H,3,6,8-9H2,1-2H3. The van der Waals surface area contributed by atoms with E-state index in [2.05, 4.69) is 12.2 Å². The first-order chi connectivity index (χ1) is 9.04. The van der Waals surface area contributed by atoms with Gasteiger partial charge in [-0.05, 0) is 25.1 Å². The van der Waals surface area contributed by atoms with E-state index in [1.807, 2.05) is 6.92 Å². The zero-order chi connectivity index (χ0) is 14.3. The first-order valence-corrected chi connectivity index (χ1v) is 6.69. The SMILES string of the molecule is CCCNCC(C)COc1ccc(Cl)cc1[N+](=O)[O-]. The minimum absolute atomic E-state index is 0.0961. The van der Waals surface area contributed by atoms with E-state index in [-0.39, 0.29) is 17.4 Å². The van der Waals surface area contributed by atoms with E-state index < -0.39 is 4.92 Å². The molecule has 1 atom stereocenters. The van der Waals surface area contributed by atoms with E-state index in [0.29, 0.717) is 11.6 Å². The van der Waals surface area contributed by atoms with Crippen molar-refractivity contribution in [2.24, 2.45) is 5.92 Å². The number of nitro groups is 1. The Morgan fingerprint density at radius 3 is 2.89 bits per heavy atom. The van der Waals surface area contributed by atoms with Crippen LogP contribution in [0.3, 0.4) is 0 Å². The lowest BCUT2D eigenvalue weighted by Gasteiger charge is -2.13. The van der Waals surface area contributed by atoms with Crippen LogP contribution in [0.5, 0.6) is 5.75 Å². The molecule has 5 nitrogen and oxygen atoms in total. The van der Waals surface area contributed by atoms with E-state index in [0.717, 1.165) is 19.5 Å². The molecule has 0 aliphatic carbocycles. The van der Waals surface area contributed by atoms with Crippen molar-refractivity contribution in [2.45, 2.75) is 20.3 Å². The smallest absolute Gasteiger partial charge is 0.312 e. The molecule has 1 aromatic carbocycles. The maximum Gasteiger partial charge on any atom is 0.312 e. The maximum atomic E-state index is 10.9. The molecule has 0 radical (unpaired) electrons. The third-order valence-corrected chi connectivity index (χ3v) is 2.80. The van der Waals surface area contributed by atoms with Gasteiger partial charge in [0.05, 0.1) is 11.5 Å². The number of hydrogen-bond acceptors (Lipinski definition) is 4. The van der Waals surface area contributed by atoms with E-state index in [9.17, 15) is 10.1 Å². The fourth-order valence-corrected chi connectivity index (χ4v) is 1.74. The second-order valence-electron chi connectivity index (χ2n) is 4.49. The molecule has 0 saturated carbocycles. The van der Waals surface area contributed by atoms with Crippen LogP contribution in [-0.2, 0) is 0 Å². The number of nitro benzene ring substituents is 1. The van der Waals surface area contributed by atoms with Crippen LogP contribution in [-0.4, -0.2) is 24.6 Å². The van der Waals surface area contributed by atoms with Gasteiger partial charge in [0.2, 0.25) is 0 Å². The molecule has 0 saturated heterocycles. The lowest BCUT2D eigenvalue weighted by molar-refractivity contribution is -0.385. The Hall–Kier alpha value is -1.33. The summed E-state index contributed by atoms with van der Waals surface area (Å²) in [6.45, 7) is 6.36. The van der Waals surface area contributed by atoms with Gasteiger partial charge in [-0.15, -0.1) is 0 Å². The highest BCUT2D eigenvalue weighted by molar-refractivity contribution is 6.30. The molecule has 1 rings (SSSR count). The number of halogens is 1. The molecule has 106 valence electrons. The van der Waals surface area contributed by atoms with Crippen LogP contribution in [0.15, 0.2) is 18.2 Å². The third-order valence-electron chi connectivity index (χ3n) is 2.56. The van der Waals surface area contributed by atoms with Gasteiger partial charge in [0, 0.05) is 23.6 Å². The van der Waals surface area contributed by atoms with Gasteiger partial charge in [0.15, 0.2) is 5.75 Å². The quantitative estimate of drug-likeness (QED) is 0.452. The molecule has 1 unspecified atom stereocenters. The Morgan fingerprint density at radius 2 is 2.26 bits per heavy atom. The van der Waals surface area contributed by atoms with Gasteiger partial charge in [-0.2, -0.15) is 0 Å². The Bertz CT molecular complexity index is 426. The molecule has 1 N–H and O–H groups in total. The monoisotopic (exact) mass is 286 g/mol. The lowest BCUT2D eigenvalue weighted by Crippen LogP contribution is -2.25. The Labute approximate surface area is 118 Å². The molecule has 0 amide bonds. The summed E-state index contributed by atoms with van der Waals surface area (Å²) in [6.07, 6.45) is 1.08. The van der Waals surface area contributed by atoms with Gasteiger partial charge < -0.3 is 10.1 Å². The minimum Gasteiger partial charge on any atom is -0.486 e. The van der Waals surface area contributed by atoms with Crippen molar-refractivity contribution < 1.29 is 9.66 Å². The number of nitrogens with zero attached hydrogens (tertiary/aromatic N) is 1. The molecule has 6 heteroatoms. The average Bonchev–Trinajstić information content (AvgIpc) is 2.37. The van der Waals surface area contributed by atoms with Crippen molar-refractivity contribution >= 4 is 17.3 Å². The predicted octanol–water partition coefficient (Wildman–Crippen LogP) is 3.26. The second-order valence-corrected chi connectivity index (χ2v) is 4.93. The van der Waals surface area contributed by atoms with Crippen LogP contribution in [0, 0.1) is 16.0 Å². The topological polar surface area (TPSA) is 64.4 Å². The number of nitrogens with one attached hydrogen (secondary N) is 1. The van der Waals surface area contributed by atoms with Gasteiger partial charge in [-0.1, -0.05) is 25.4 Å². The second kappa shape index (κ2) is 7.96. The molecule has 1 aromatic rings. The Kier molecular flexibility index (Phi) is 6.59. The van der Waals surface area contributed by atoms with Crippen molar-refractivity contribution in [3.63, 3.8) is 0 Å². The van der Waals surface area contributed by atoms with Crippen LogP contribution < -0.4 is 10.1 Å². The van der Waals surface area contributed by atoms with Crippen molar-refractivity contribution in [3.8, 4) is 5.75 Å². The predicted molar refractivity (Wildman–Crippen MR) is 75.9 cm³/mol. The Morgan fingerprint density at radius 1 is 1.53 bits per heavy atom. The first kappa shape index (κ1) is 15.7. The van der Waals surface area contributed by atoms with Crippen molar-refractivity contribution in [1.82, 2.24) is 5.32 Å². The summed E-state index contributed by atoms with van der Waals surface area (Å²) in [6, 6.07) is 4.42. The first-order valence-electron chi connectivity index (χ1n) is 6.32. The minimum atomic E-state index is -0.485. The lowest BCUT2D eigenvalue weighted by atomic mass is 10.2. The molecular formula is C13H19ClN2O3. The summed E-state index contributed by atoms with van der Waals surface area (Å²) in [7, 11) is 0. The summed E-state index contributed by atoms with van der Waals surface area (Å²) in [5.41, 5.74) is -0.0961. The summed E-state index contributed by atoms with van der Waals surface area (Å²) >= 11 is 5.74. The van der Waals surface area contributed by atoms with Crippen LogP contribution in [0.25, 0.3) is 0 Å². The normalized spacial score (nSPS) is 12.2. The fourth-order valence-electron chi connectivity index (χ4n) is 1.57. The summed E-state index contributed by atoms with van der Waals surface area (Å²) in [5, 5.41) is 14.5. The zero-order valence-corrected chi connectivity index (χ0v) is 11.9. The molecule has 0 bridgehead atoms. The highest BCUT2D eigenvalue weighted by Crippen LogP contribution is 2.30. The highest BCUT2D eigenvalue weighted by Gasteiger charge is 2.16. The van der Waals surface area contributed by atoms with Gasteiger partial charge in [-0.25, -0.2) is 0 Å². The molecule has 0 aliphatic heterocycles. The van der Waals surface area contributed by atoms with E-state index in [1.54, 1.807) is 6.07 Å². The highest BCUT2D eigenvalue weighted by atomic mass is 35.5. The van der Waals surface area contributed by atoms with Gasteiger partial charge in [0.25, 0.3) is 0 Å². The molecule has 0 aromatic heterocycles. The van der Waals surface area contributed by atoms with Gasteiger partial charge in [0.1, 0.15) is 0 Å². The summed E-state index contributed by atoms with van der Waals surface area (Å²) in [4.78, 5) is 10.4. The van der Waals surface area contributed by atoms with Crippen molar-refractivity contribution in [2.75, 3.05) is 19.7 Å². The molecular weight excluding hydrogens is 268 g/mol. The van der Waals surface area contributed by atoms with E-state index in [4.69, 9.17) is 16.3 Å². The third kappa shape index (κ3) is 5.44. The zero-order valence-electron chi connectivity index (χ0n) is 11.2. The van der Waals surface area contributed by atoms with Gasteiger partial charge >= 0.3 is 5.69 Å². The molecule has 0 aliphatic rings. The van der Waals surface area contributed by atoms with Crippen molar-refractivity contribution in [1.29, 1.82) is 0 Å². The maximum absolute atomic E-state index is 10.9. The van der Waals surface area contributed by atoms with Crippen LogP contribution in [0.2, 0.25) is 5.02 Å². The number of benzene rings is 1. The average molecular weight is 287 g/mol. The molecule has 0 heterocycles. The largest absolute Gasteiger partial charge is 0.486 e. The number of ether oxygens (including phenoxy) is 1. The van der Waals surface area contributed by atoms with Crippen LogP contribution in [0.1, 0.15) is 20.3 Å². The van der Waals surface area contributed by atoms with Crippen LogP contribution in [0.4, 0.5) is 5.69 Å². The van der Waals surface area contributed by atoms with Crippen molar-refractivity contribution in [3.05, 3.63) is 33.3 Å². The van der Waals surface area contributed by atoms with E-state index >= 15 is 0 Å². The van der Waals surface area contributed by atoms with E-state index in [1.165, 1.54) is 12.1 Å². The molecule has 0 spiro atoms. The fraction of sp³-hybridized carbons (Fsp3) is 0.538. The number of hydrogen-bond donors (Lipinski definition) is 1.